The van der Waals surface area contributed by atoms with E-state index >= 15 is 0 Å². The lowest BCUT2D eigenvalue weighted by Crippen LogP contribution is -2.47. The highest BCUT2D eigenvalue weighted by molar-refractivity contribution is 5.01. The van der Waals surface area contributed by atoms with E-state index in [0.717, 1.165) is 44.2 Å². The number of aromatic nitrogens is 4. The molecule has 2 aromatic rings. The second-order valence-corrected chi connectivity index (χ2v) is 7.19. The molecule has 136 valence electrons. The minimum absolute atomic E-state index is 0.385. The number of likely N-dealkylation sites (tertiary alicyclic amines) is 1. The fourth-order valence-corrected chi connectivity index (χ4v) is 3.39. The van der Waals surface area contributed by atoms with Crippen molar-refractivity contribution < 1.29 is 9.63 Å². The van der Waals surface area contributed by atoms with Gasteiger partial charge >= 0.3 is 0 Å². The molecule has 1 saturated heterocycles. The lowest BCUT2D eigenvalue weighted by atomic mass is 10.1. The van der Waals surface area contributed by atoms with Crippen LogP contribution < -0.4 is 5.32 Å². The van der Waals surface area contributed by atoms with Gasteiger partial charge in [0, 0.05) is 37.4 Å². The van der Waals surface area contributed by atoms with E-state index in [2.05, 4.69) is 25.5 Å². The van der Waals surface area contributed by atoms with E-state index in [4.69, 9.17) is 4.52 Å². The molecule has 8 nitrogen and oxygen atoms in total. The van der Waals surface area contributed by atoms with Crippen molar-refractivity contribution in [1.82, 2.24) is 30.1 Å². The summed E-state index contributed by atoms with van der Waals surface area (Å²) >= 11 is 0. The molecule has 25 heavy (non-hydrogen) atoms. The molecule has 3 heterocycles. The highest BCUT2D eigenvalue weighted by atomic mass is 16.5. The molecular formula is C17H26N6O2. The molecule has 2 aromatic heterocycles. The van der Waals surface area contributed by atoms with Crippen LogP contribution in [-0.4, -0.2) is 61.7 Å². The molecule has 0 amide bonds. The van der Waals surface area contributed by atoms with E-state index in [9.17, 15) is 5.11 Å². The quantitative estimate of drug-likeness (QED) is 0.729. The van der Waals surface area contributed by atoms with E-state index in [1.807, 2.05) is 12.3 Å². The predicted octanol–water partition coefficient (Wildman–Crippen LogP) is 0.759. The van der Waals surface area contributed by atoms with Gasteiger partial charge in [-0.15, -0.1) is 0 Å². The summed E-state index contributed by atoms with van der Waals surface area (Å²) in [7, 11) is 0. The van der Waals surface area contributed by atoms with Crippen molar-refractivity contribution in [3.63, 3.8) is 0 Å². The van der Waals surface area contributed by atoms with E-state index in [0.29, 0.717) is 25.0 Å². The molecule has 4 rings (SSSR count). The molecule has 2 aliphatic rings. The van der Waals surface area contributed by atoms with Gasteiger partial charge in [0.15, 0.2) is 5.82 Å². The monoisotopic (exact) mass is 346 g/mol. The van der Waals surface area contributed by atoms with Crippen LogP contribution in [0.5, 0.6) is 0 Å². The SMILES string of the molecule is O[C@H](CN[C@@H]1CCCN(Cc2noc(C3CC3)n2)C1)Cn1cccn1. The van der Waals surface area contributed by atoms with Crippen LogP contribution in [0.4, 0.5) is 0 Å². The lowest BCUT2D eigenvalue weighted by Gasteiger charge is -2.32. The summed E-state index contributed by atoms with van der Waals surface area (Å²) in [5, 5.41) is 21.9. The summed E-state index contributed by atoms with van der Waals surface area (Å²) in [5.74, 6) is 2.11. The highest BCUT2D eigenvalue weighted by Gasteiger charge is 2.30. The molecule has 0 spiro atoms. The van der Waals surface area contributed by atoms with Gasteiger partial charge in [0.25, 0.3) is 0 Å². The third-order valence-electron chi connectivity index (χ3n) is 4.88. The van der Waals surface area contributed by atoms with E-state index < -0.39 is 6.10 Å². The largest absolute Gasteiger partial charge is 0.390 e. The van der Waals surface area contributed by atoms with Gasteiger partial charge in [-0.1, -0.05) is 5.16 Å². The Kier molecular flexibility index (Phi) is 5.09. The molecule has 1 aliphatic heterocycles. The van der Waals surface area contributed by atoms with E-state index in [-0.39, 0.29) is 0 Å². The third kappa shape index (κ3) is 4.65. The summed E-state index contributed by atoms with van der Waals surface area (Å²) in [6.45, 7) is 3.84. The number of piperidine rings is 1. The van der Waals surface area contributed by atoms with Crippen LogP contribution in [0.15, 0.2) is 23.0 Å². The summed E-state index contributed by atoms with van der Waals surface area (Å²) in [5.41, 5.74) is 0. The second-order valence-electron chi connectivity index (χ2n) is 7.19. The van der Waals surface area contributed by atoms with E-state index in [1.54, 1.807) is 10.9 Å². The fourth-order valence-electron chi connectivity index (χ4n) is 3.39. The maximum absolute atomic E-state index is 10.1. The van der Waals surface area contributed by atoms with Gasteiger partial charge in [-0.25, -0.2) is 0 Å². The molecule has 0 unspecified atom stereocenters. The van der Waals surface area contributed by atoms with Crippen LogP contribution in [0.1, 0.15) is 43.3 Å². The predicted molar refractivity (Wildman–Crippen MR) is 90.8 cm³/mol. The van der Waals surface area contributed by atoms with Crippen LogP contribution in [-0.2, 0) is 13.1 Å². The molecule has 8 heteroatoms. The van der Waals surface area contributed by atoms with Crippen molar-refractivity contribution in [3.05, 3.63) is 30.2 Å². The van der Waals surface area contributed by atoms with Crippen LogP contribution in [0.25, 0.3) is 0 Å². The average molecular weight is 346 g/mol. The Hall–Kier alpha value is -1.77. The van der Waals surface area contributed by atoms with Gasteiger partial charge in [0.1, 0.15) is 0 Å². The van der Waals surface area contributed by atoms with Crippen molar-refractivity contribution in [2.45, 2.75) is 56.8 Å². The zero-order valence-electron chi connectivity index (χ0n) is 14.4. The Morgan fingerprint density at radius 2 is 2.28 bits per heavy atom. The summed E-state index contributed by atoms with van der Waals surface area (Å²) < 4.78 is 7.10. The lowest BCUT2D eigenvalue weighted by molar-refractivity contribution is 0.126. The number of hydrogen-bond acceptors (Lipinski definition) is 7. The van der Waals surface area contributed by atoms with Gasteiger partial charge in [0.05, 0.1) is 19.2 Å². The zero-order chi connectivity index (χ0) is 17.1. The summed E-state index contributed by atoms with van der Waals surface area (Å²) in [4.78, 5) is 6.88. The molecule has 0 radical (unpaired) electrons. The minimum atomic E-state index is -0.436. The molecule has 2 fully saturated rings. The highest BCUT2D eigenvalue weighted by Crippen LogP contribution is 2.38. The number of hydrogen-bond donors (Lipinski definition) is 2. The molecule has 1 aliphatic carbocycles. The molecule has 0 aromatic carbocycles. The number of rotatable bonds is 8. The van der Waals surface area contributed by atoms with E-state index in [1.165, 1.54) is 12.8 Å². The molecule has 0 bridgehead atoms. The van der Waals surface area contributed by atoms with Gasteiger partial charge in [-0.05, 0) is 38.3 Å². The number of aliphatic hydroxyl groups is 1. The van der Waals surface area contributed by atoms with Gasteiger partial charge in [0.2, 0.25) is 5.89 Å². The first-order valence-electron chi connectivity index (χ1n) is 9.20. The molecule has 2 N–H and O–H groups in total. The zero-order valence-corrected chi connectivity index (χ0v) is 14.4. The van der Waals surface area contributed by atoms with Crippen molar-refractivity contribution in [3.8, 4) is 0 Å². The smallest absolute Gasteiger partial charge is 0.229 e. The van der Waals surface area contributed by atoms with Crippen LogP contribution in [0.3, 0.4) is 0 Å². The van der Waals surface area contributed by atoms with Crippen LogP contribution in [0, 0.1) is 0 Å². The van der Waals surface area contributed by atoms with Crippen molar-refractivity contribution in [2.24, 2.45) is 0 Å². The topological polar surface area (TPSA) is 92.2 Å². The van der Waals surface area contributed by atoms with Crippen molar-refractivity contribution in [2.75, 3.05) is 19.6 Å². The Labute approximate surface area is 147 Å². The molecule has 1 saturated carbocycles. The maximum Gasteiger partial charge on any atom is 0.229 e. The Bertz CT molecular complexity index is 654. The van der Waals surface area contributed by atoms with Crippen molar-refractivity contribution in [1.29, 1.82) is 0 Å². The number of nitrogens with zero attached hydrogens (tertiary/aromatic N) is 5. The maximum atomic E-state index is 10.1. The van der Waals surface area contributed by atoms with Crippen molar-refractivity contribution >= 4 is 0 Å². The van der Waals surface area contributed by atoms with Gasteiger partial charge < -0.3 is 14.9 Å². The van der Waals surface area contributed by atoms with Gasteiger partial charge in [-0.3, -0.25) is 9.58 Å². The Morgan fingerprint density at radius 1 is 1.36 bits per heavy atom. The van der Waals surface area contributed by atoms with Crippen LogP contribution >= 0.6 is 0 Å². The number of aliphatic hydroxyl groups excluding tert-OH is 1. The van der Waals surface area contributed by atoms with Gasteiger partial charge in [-0.2, -0.15) is 10.1 Å². The molecular weight excluding hydrogens is 320 g/mol. The molecule has 2 atom stereocenters. The fraction of sp³-hybridized carbons (Fsp3) is 0.706. The first-order chi connectivity index (χ1) is 12.3. The second kappa shape index (κ2) is 7.63. The normalized spacial score (nSPS) is 23.0. The Morgan fingerprint density at radius 3 is 3.08 bits per heavy atom. The van der Waals surface area contributed by atoms with Crippen LogP contribution in [0.2, 0.25) is 0 Å². The minimum Gasteiger partial charge on any atom is -0.390 e. The first-order valence-corrected chi connectivity index (χ1v) is 9.20. The average Bonchev–Trinajstić information content (AvgIpc) is 3.14. The Balaban J connectivity index is 1.21. The standard InChI is InChI=1S/C17H26N6O2/c24-15(11-23-8-2-6-19-23)9-18-14-3-1-7-22(10-14)12-16-20-17(25-21-16)13-4-5-13/h2,6,8,13-15,18,24H,1,3-5,7,9-12H2/t14-,15-/m1/s1. The first kappa shape index (κ1) is 16.7. The summed E-state index contributed by atoms with van der Waals surface area (Å²) in [6, 6.07) is 2.25. The number of nitrogens with one attached hydrogen (secondary N) is 1. The summed E-state index contributed by atoms with van der Waals surface area (Å²) in [6.07, 6.45) is 7.79. The third-order valence-corrected chi connectivity index (χ3v) is 4.88.